The minimum Gasteiger partial charge on any atom is -0.497 e. The first kappa shape index (κ1) is 18.7. The first-order valence-electron chi connectivity index (χ1n) is 9.11. The third-order valence-corrected chi connectivity index (χ3v) is 4.81. The van der Waals surface area contributed by atoms with Crippen LogP contribution in [0.5, 0.6) is 5.75 Å². The minimum absolute atomic E-state index is 0.0567. The van der Waals surface area contributed by atoms with E-state index in [1.54, 1.807) is 35.9 Å². The maximum atomic E-state index is 13.8. The summed E-state index contributed by atoms with van der Waals surface area (Å²) in [7, 11) is 1.58. The summed E-state index contributed by atoms with van der Waals surface area (Å²) in [5.74, 6) is 0.193. The summed E-state index contributed by atoms with van der Waals surface area (Å²) in [6.45, 7) is 0.274. The zero-order valence-corrected chi connectivity index (χ0v) is 15.7. The van der Waals surface area contributed by atoms with Crippen molar-refractivity contribution in [1.82, 2.24) is 14.9 Å². The van der Waals surface area contributed by atoms with Crippen LogP contribution in [0, 0.1) is 5.82 Å². The molecule has 2 N–H and O–H groups in total. The molecule has 1 atom stereocenters. The Morgan fingerprint density at radius 2 is 2.03 bits per heavy atom. The Bertz CT molecular complexity index is 1060. The fourth-order valence-electron chi connectivity index (χ4n) is 3.39. The molecule has 2 heterocycles. The molecule has 1 unspecified atom stereocenters. The number of fused-ring (bicyclic) bond motifs is 1. The molecule has 4 rings (SSSR count). The summed E-state index contributed by atoms with van der Waals surface area (Å²) in [5, 5.41) is 5.37. The van der Waals surface area contributed by atoms with E-state index in [0.29, 0.717) is 17.3 Å². The second-order valence-corrected chi connectivity index (χ2v) is 6.66. The highest BCUT2D eigenvalue weighted by atomic mass is 19.1. The molecule has 148 valence electrons. The van der Waals surface area contributed by atoms with Crippen LogP contribution in [0.1, 0.15) is 23.0 Å². The number of halogens is 1. The SMILES string of the molecule is COc1ccc(-c2ncc3n2C(CC(=O)Nc2ccccc2F)CNC3=O)cc1. The molecule has 1 aliphatic heterocycles. The molecule has 0 aliphatic carbocycles. The summed E-state index contributed by atoms with van der Waals surface area (Å²) in [6.07, 6.45) is 1.55. The van der Waals surface area contributed by atoms with Crippen LogP contribution in [-0.4, -0.2) is 35.0 Å². The average molecular weight is 394 g/mol. The number of benzene rings is 2. The number of nitrogens with one attached hydrogen (secondary N) is 2. The molecule has 8 heteroatoms. The van der Waals surface area contributed by atoms with E-state index in [4.69, 9.17) is 4.74 Å². The monoisotopic (exact) mass is 394 g/mol. The molecule has 1 aliphatic rings. The number of rotatable bonds is 5. The number of aromatic nitrogens is 2. The molecular weight excluding hydrogens is 375 g/mol. The molecule has 0 fully saturated rings. The maximum absolute atomic E-state index is 13.8. The molecular formula is C21H19FN4O3. The standard InChI is InChI=1S/C21H19FN4O3/c1-29-15-8-6-13(7-9-15)20-23-12-18-21(28)24-11-14(26(18)20)10-19(27)25-17-5-3-2-4-16(17)22/h2-9,12,14H,10-11H2,1H3,(H,24,28)(H,25,27). The van der Waals surface area contributed by atoms with Crippen molar-refractivity contribution in [3.63, 3.8) is 0 Å². The van der Waals surface area contributed by atoms with Crippen molar-refractivity contribution in [3.8, 4) is 17.1 Å². The normalized spacial score (nSPS) is 15.4. The van der Waals surface area contributed by atoms with Crippen molar-refractivity contribution in [3.05, 3.63) is 66.2 Å². The van der Waals surface area contributed by atoms with Crippen LogP contribution in [0.15, 0.2) is 54.7 Å². The van der Waals surface area contributed by atoms with Gasteiger partial charge >= 0.3 is 0 Å². The summed E-state index contributed by atoms with van der Waals surface area (Å²) in [6, 6.07) is 12.9. The summed E-state index contributed by atoms with van der Waals surface area (Å²) in [5.41, 5.74) is 1.30. The number of ether oxygens (including phenoxy) is 1. The smallest absolute Gasteiger partial charge is 0.269 e. The number of anilines is 1. The summed E-state index contributed by atoms with van der Waals surface area (Å²) >= 11 is 0. The number of hydrogen-bond donors (Lipinski definition) is 2. The highest BCUT2D eigenvalue weighted by Crippen LogP contribution is 2.29. The third-order valence-electron chi connectivity index (χ3n) is 4.81. The summed E-state index contributed by atoms with van der Waals surface area (Å²) in [4.78, 5) is 29.2. The number of carbonyl (C=O) groups excluding carboxylic acids is 2. The number of imidazole rings is 1. The van der Waals surface area contributed by atoms with Gasteiger partial charge < -0.3 is 19.9 Å². The van der Waals surface area contributed by atoms with Crippen molar-refractivity contribution in [2.75, 3.05) is 19.0 Å². The molecule has 0 spiro atoms. The predicted octanol–water partition coefficient (Wildman–Crippen LogP) is 3.01. The predicted molar refractivity (Wildman–Crippen MR) is 105 cm³/mol. The number of methoxy groups -OCH3 is 1. The first-order valence-corrected chi connectivity index (χ1v) is 9.11. The van der Waals surface area contributed by atoms with Crippen LogP contribution in [0.3, 0.4) is 0 Å². The van der Waals surface area contributed by atoms with Crippen molar-refractivity contribution in [2.24, 2.45) is 0 Å². The number of para-hydroxylation sites is 1. The highest BCUT2D eigenvalue weighted by Gasteiger charge is 2.30. The lowest BCUT2D eigenvalue weighted by molar-refractivity contribution is -0.117. The van der Waals surface area contributed by atoms with Gasteiger partial charge in [0.1, 0.15) is 23.1 Å². The summed E-state index contributed by atoms with van der Waals surface area (Å²) < 4.78 is 20.8. The number of amides is 2. The van der Waals surface area contributed by atoms with Crippen molar-refractivity contribution >= 4 is 17.5 Å². The van der Waals surface area contributed by atoms with E-state index >= 15 is 0 Å². The number of hydrogen-bond acceptors (Lipinski definition) is 4. The quantitative estimate of drug-likeness (QED) is 0.697. The van der Waals surface area contributed by atoms with Gasteiger partial charge in [0.05, 0.1) is 25.0 Å². The van der Waals surface area contributed by atoms with E-state index < -0.39 is 5.82 Å². The topological polar surface area (TPSA) is 85.2 Å². The van der Waals surface area contributed by atoms with Crippen molar-refractivity contribution in [2.45, 2.75) is 12.5 Å². The number of carbonyl (C=O) groups is 2. The zero-order chi connectivity index (χ0) is 20.4. The molecule has 2 aromatic carbocycles. The molecule has 7 nitrogen and oxygen atoms in total. The van der Waals surface area contributed by atoms with Gasteiger partial charge in [0.2, 0.25) is 5.91 Å². The van der Waals surface area contributed by atoms with Gasteiger partial charge in [0, 0.05) is 18.5 Å². The lowest BCUT2D eigenvalue weighted by atomic mass is 10.1. The van der Waals surface area contributed by atoms with Crippen LogP contribution in [0.4, 0.5) is 10.1 Å². The van der Waals surface area contributed by atoms with Gasteiger partial charge in [-0.1, -0.05) is 12.1 Å². The fraction of sp³-hybridized carbons (Fsp3) is 0.190. The van der Waals surface area contributed by atoms with Crippen molar-refractivity contribution < 1.29 is 18.7 Å². The van der Waals surface area contributed by atoms with Crippen LogP contribution in [0.25, 0.3) is 11.4 Å². The Morgan fingerprint density at radius 1 is 1.28 bits per heavy atom. The van der Waals surface area contributed by atoms with Gasteiger partial charge in [0.15, 0.2) is 0 Å². The molecule has 0 bridgehead atoms. The van der Waals surface area contributed by atoms with E-state index in [1.807, 2.05) is 12.1 Å². The lowest BCUT2D eigenvalue weighted by Crippen LogP contribution is -2.40. The molecule has 0 saturated heterocycles. The van der Waals surface area contributed by atoms with Crippen LogP contribution < -0.4 is 15.4 Å². The fourth-order valence-corrected chi connectivity index (χ4v) is 3.39. The van der Waals surface area contributed by atoms with Crippen LogP contribution in [0.2, 0.25) is 0 Å². The van der Waals surface area contributed by atoms with Gasteiger partial charge in [-0.2, -0.15) is 0 Å². The third kappa shape index (κ3) is 3.69. The second-order valence-electron chi connectivity index (χ2n) is 6.66. The Hall–Kier alpha value is -3.68. The largest absolute Gasteiger partial charge is 0.497 e. The Balaban J connectivity index is 1.61. The van der Waals surface area contributed by atoms with Crippen LogP contribution >= 0.6 is 0 Å². The highest BCUT2D eigenvalue weighted by molar-refractivity contribution is 5.95. The van der Waals surface area contributed by atoms with Crippen molar-refractivity contribution in [1.29, 1.82) is 0 Å². The number of nitrogens with zero attached hydrogens (tertiary/aromatic N) is 2. The molecule has 2 amide bonds. The molecule has 1 aromatic heterocycles. The van der Waals surface area contributed by atoms with E-state index in [2.05, 4.69) is 15.6 Å². The average Bonchev–Trinajstić information content (AvgIpc) is 3.18. The molecule has 0 saturated carbocycles. The van der Waals surface area contributed by atoms with E-state index in [-0.39, 0.29) is 36.5 Å². The van der Waals surface area contributed by atoms with Gasteiger partial charge in [-0.15, -0.1) is 0 Å². The Kier molecular flexibility index (Phi) is 4.99. The maximum Gasteiger partial charge on any atom is 0.269 e. The zero-order valence-electron chi connectivity index (χ0n) is 15.7. The molecule has 3 aromatic rings. The lowest BCUT2D eigenvalue weighted by Gasteiger charge is -2.27. The molecule has 29 heavy (non-hydrogen) atoms. The minimum atomic E-state index is -0.500. The molecule has 0 radical (unpaired) electrons. The van der Waals surface area contributed by atoms with Gasteiger partial charge in [-0.25, -0.2) is 9.37 Å². The first-order chi connectivity index (χ1) is 14.1. The van der Waals surface area contributed by atoms with E-state index in [0.717, 1.165) is 5.56 Å². The van der Waals surface area contributed by atoms with E-state index in [9.17, 15) is 14.0 Å². The van der Waals surface area contributed by atoms with E-state index in [1.165, 1.54) is 18.3 Å². The van der Waals surface area contributed by atoms with Gasteiger partial charge in [-0.05, 0) is 36.4 Å². The van der Waals surface area contributed by atoms with Crippen LogP contribution in [-0.2, 0) is 4.79 Å². The van der Waals surface area contributed by atoms with Gasteiger partial charge in [-0.3, -0.25) is 9.59 Å². The van der Waals surface area contributed by atoms with Gasteiger partial charge in [0.25, 0.3) is 5.91 Å². The Labute approximate surface area is 166 Å². The Morgan fingerprint density at radius 3 is 2.76 bits per heavy atom. The second kappa shape index (κ2) is 7.75.